The molecule has 1 N–H and O–H groups in total. The highest BCUT2D eigenvalue weighted by Gasteiger charge is 2.62. The fourth-order valence-corrected chi connectivity index (χ4v) is 4.29. The lowest BCUT2D eigenvalue weighted by atomic mass is 9.94. The molecule has 1 aliphatic heterocycles. The van der Waals surface area contributed by atoms with E-state index in [1.165, 1.54) is 17.5 Å². The molecule has 3 atom stereocenters. The fraction of sp³-hybridized carbons (Fsp3) is 0.588. The molecule has 2 fully saturated rings. The summed E-state index contributed by atoms with van der Waals surface area (Å²) in [6.45, 7) is 4.89. The van der Waals surface area contributed by atoms with Crippen LogP contribution in [-0.2, 0) is 16.6 Å². The van der Waals surface area contributed by atoms with Crippen molar-refractivity contribution in [3.05, 3.63) is 35.4 Å². The van der Waals surface area contributed by atoms with Gasteiger partial charge in [0, 0.05) is 37.0 Å². The summed E-state index contributed by atoms with van der Waals surface area (Å²) in [6, 6.07) is 9.06. The molecule has 1 aromatic carbocycles. The van der Waals surface area contributed by atoms with E-state index in [0.29, 0.717) is 11.9 Å². The summed E-state index contributed by atoms with van der Waals surface area (Å²) in [5, 5.41) is 3.36. The summed E-state index contributed by atoms with van der Waals surface area (Å²) in [5.74, 6) is 0.641. The Labute approximate surface area is 132 Å². The van der Waals surface area contributed by atoms with Crippen LogP contribution in [0, 0.1) is 5.92 Å². The van der Waals surface area contributed by atoms with Crippen LogP contribution < -0.4 is 5.32 Å². The quantitative estimate of drug-likeness (QED) is 0.862. The van der Waals surface area contributed by atoms with Crippen molar-refractivity contribution >= 4 is 18.3 Å². The molecule has 3 nitrogen and oxygen atoms in total. The van der Waals surface area contributed by atoms with Gasteiger partial charge in [-0.1, -0.05) is 24.3 Å². The molecule has 2 aliphatic carbocycles. The number of carbonyl (C=O) groups excluding carboxylic acids is 1. The normalized spacial score (nSPS) is 33.5. The minimum atomic E-state index is 0. The molecule has 4 heteroatoms. The predicted octanol–water partition coefficient (Wildman–Crippen LogP) is 2.13. The zero-order chi connectivity index (χ0) is 13.7. The van der Waals surface area contributed by atoms with Gasteiger partial charge in [-0.15, -0.1) is 12.4 Å². The minimum absolute atomic E-state index is 0. The molecule has 1 aromatic rings. The van der Waals surface area contributed by atoms with E-state index in [-0.39, 0.29) is 23.7 Å². The average Bonchev–Trinajstić information content (AvgIpc) is 3.09. The standard InChI is InChI=1S/C17H22N2O.ClH/c1-12-11-18-8-9-19(12)16(20)15-10-17(15)7-6-13-4-2-3-5-14(13)17;/h2-5,12,15,18H,6-11H2,1H3;1H. The lowest BCUT2D eigenvalue weighted by Gasteiger charge is -2.34. The summed E-state index contributed by atoms with van der Waals surface area (Å²) in [4.78, 5) is 14.9. The van der Waals surface area contributed by atoms with Crippen LogP contribution in [0.5, 0.6) is 0 Å². The topological polar surface area (TPSA) is 32.3 Å². The van der Waals surface area contributed by atoms with Crippen LogP contribution in [-0.4, -0.2) is 36.5 Å². The third-order valence-corrected chi connectivity index (χ3v) is 5.55. The maximum Gasteiger partial charge on any atom is 0.226 e. The van der Waals surface area contributed by atoms with E-state index in [9.17, 15) is 4.79 Å². The van der Waals surface area contributed by atoms with E-state index in [4.69, 9.17) is 0 Å². The van der Waals surface area contributed by atoms with Crippen LogP contribution in [0.15, 0.2) is 24.3 Å². The van der Waals surface area contributed by atoms with Gasteiger partial charge in [-0.05, 0) is 37.3 Å². The lowest BCUT2D eigenvalue weighted by molar-refractivity contribution is -0.135. The number of fused-ring (bicyclic) bond motifs is 2. The van der Waals surface area contributed by atoms with Gasteiger partial charge < -0.3 is 10.2 Å². The molecule has 1 amide bonds. The second-order valence-corrected chi connectivity index (χ2v) is 6.65. The number of hydrogen-bond acceptors (Lipinski definition) is 2. The van der Waals surface area contributed by atoms with Crippen molar-refractivity contribution in [3.8, 4) is 0 Å². The molecular formula is C17H23ClN2O. The molecule has 1 heterocycles. The third-order valence-electron chi connectivity index (χ3n) is 5.55. The Morgan fingerprint density at radius 3 is 3.00 bits per heavy atom. The van der Waals surface area contributed by atoms with Gasteiger partial charge in [0.2, 0.25) is 5.91 Å². The number of piperazine rings is 1. The van der Waals surface area contributed by atoms with Crippen molar-refractivity contribution in [1.29, 1.82) is 0 Å². The monoisotopic (exact) mass is 306 g/mol. The van der Waals surface area contributed by atoms with E-state index in [0.717, 1.165) is 32.5 Å². The van der Waals surface area contributed by atoms with Crippen LogP contribution in [0.25, 0.3) is 0 Å². The molecule has 114 valence electrons. The Morgan fingerprint density at radius 2 is 2.19 bits per heavy atom. The molecule has 0 bridgehead atoms. The van der Waals surface area contributed by atoms with Crippen molar-refractivity contribution in [1.82, 2.24) is 10.2 Å². The van der Waals surface area contributed by atoms with Crippen LogP contribution in [0.4, 0.5) is 0 Å². The Balaban J connectivity index is 0.00000132. The van der Waals surface area contributed by atoms with E-state index in [1.54, 1.807) is 0 Å². The first-order valence-corrected chi connectivity index (χ1v) is 7.82. The maximum absolute atomic E-state index is 12.8. The molecule has 0 aromatic heterocycles. The van der Waals surface area contributed by atoms with E-state index in [1.807, 2.05) is 0 Å². The van der Waals surface area contributed by atoms with Gasteiger partial charge in [0.15, 0.2) is 0 Å². The molecule has 1 saturated heterocycles. The number of aryl methyl sites for hydroxylation is 1. The van der Waals surface area contributed by atoms with Gasteiger partial charge >= 0.3 is 0 Å². The number of nitrogens with zero attached hydrogens (tertiary/aromatic N) is 1. The highest BCUT2D eigenvalue weighted by molar-refractivity contribution is 5.85. The third kappa shape index (κ3) is 2.18. The lowest BCUT2D eigenvalue weighted by Crippen LogP contribution is -2.53. The summed E-state index contributed by atoms with van der Waals surface area (Å²) < 4.78 is 0. The van der Waals surface area contributed by atoms with Crippen LogP contribution >= 0.6 is 12.4 Å². The molecule has 1 saturated carbocycles. The van der Waals surface area contributed by atoms with Gasteiger partial charge in [0.25, 0.3) is 0 Å². The van der Waals surface area contributed by atoms with Gasteiger partial charge in [-0.2, -0.15) is 0 Å². The highest BCUT2D eigenvalue weighted by Crippen LogP contribution is 2.62. The van der Waals surface area contributed by atoms with Gasteiger partial charge in [-0.25, -0.2) is 0 Å². The molecular weight excluding hydrogens is 284 g/mol. The molecule has 0 radical (unpaired) electrons. The predicted molar refractivity (Wildman–Crippen MR) is 85.8 cm³/mol. The summed E-state index contributed by atoms with van der Waals surface area (Å²) in [7, 11) is 0. The summed E-state index contributed by atoms with van der Waals surface area (Å²) in [6.07, 6.45) is 3.39. The van der Waals surface area contributed by atoms with E-state index in [2.05, 4.69) is 41.4 Å². The number of nitrogens with one attached hydrogen (secondary N) is 1. The van der Waals surface area contributed by atoms with E-state index >= 15 is 0 Å². The number of rotatable bonds is 1. The Kier molecular flexibility index (Phi) is 3.74. The molecule has 3 unspecified atom stereocenters. The number of amides is 1. The average molecular weight is 307 g/mol. The van der Waals surface area contributed by atoms with Crippen molar-refractivity contribution in [2.24, 2.45) is 5.92 Å². The number of carbonyl (C=O) groups is 1. The molecule has 1 spiro atoms. The summed E-state index contributed by atoms with van der Waals surface area (Å²) >= 11 is 0. The Bertz CT molecular complexity index is 561. The Morgan fingerprint density at radius 1 is 1.38 bits per heavy atom. The number of halogens is 1. The number of hydrogen-bond donors (Lipinski definition) is 1. The van der Waals surface area contributed by atoms with Crippen LogP contribution in [0.1, 0.15) is 30.9 Å². The van der Waals surface area contributed by atoms with Crippen molar-refractivity contribution < 1.29 is 4.79 Å². The smallest absolute Gasteiger partial charge is 0.226 e. The summed E-state index contributed by atoms with van der Waals surface area (Å²) in [5.41, 5.74) is 3.12. The van der Waals surface area contributed by atoms with E-state index < -0.39 is 0 Å². The van der Waals surface area contributed by atoms with Crippen LogP contribution in [0.2, 0.25) is 0 Å². The molecule has 3 aliphatic rings. The molecule has 21 heavy (non-hydrogen) atoms. The first-order valence-electron chi connectivity index (χ1n) is 7.82. The van der Waals surface area contributed by atoms with Crippen molar-refractivity contribution in [3.63, 3.8) is 0 Å². The maximum atomic E-state index is 12.8. The highest BCUT2D eigenvalue weighted by atomic mass is 35.5. The second kappa shape index (κ2) is 5.29. The largest absolute Gasteiger partial charge is 0.337 e. The van der Waals surface area contributed by atoms with Crippen LogP contribution in [0.3, 0.4) is 0 Å². The van der Waals surface area contributed by atoms with Crippen molar-refractivity contribution in [2.45, 2.75) is 37.6 Å². The first kappa shape index (κ1) is 14.9. The fourth-order valence-electron chi connectivity index (χ4n) is 4.29. The minimum Gasteiger partial charge on any atom is -0.337 e. The van der Waals surface area contributed by atoms with Gasteiger partial charge in [0.1, 0.15) is 0 Å². The second-order valence-electron chi connectivity index (χ2n) is 6.65. The zero-order valence-corrected chi connectivity index (χ0v) is 13.3. The van der Waals surface area contributed by atoms with Crippen molar-refractivity contribution in [2.75, 3.05) is 19.6 Å². The first-order chi connectivity index (χ1) is 9.72. The zero-order valence-electron chi connectivity index (χ0n) is 12.5. The van der Waals surface area contributed by atoms with Gasteiger partial charge in [0.05, 0.1) is 0 Å². The Hall–Kier alpha value is -1.06. The SMILES string of the molecule is CC1CNCCN1C(=O)C1CC12CCc1ccccc12.Cl. The molecule has 4 rings (SSSR count). The van der Waals surface area contributed by atoms with Gasteiger partial charge in [-0.3, -0.25) is 4.79 Å². The number of benzene rings is 1.